The molecule has 1 aliphatic rings. The van der Waals surface area contributed by atoms with Crippen molar-refractivity contribution >= 4 is 29.5 Å². The average molecular weight is 231 g/mol. The predicted molar refractivity (Wildman–Crippen MR) is 53.6 cm³/mol. The normalized spacial score (nSPS) is 17.9. The molecule has 1 saturated carbocycles. The first-order valence-electron chi connectivity index (χ1n) is 4.36. The maximum atomic E-state index is 10.9. The molecule has 2 rings (SSSR count). The summed E-state index contributed by atoms with van der Waals surface area (Å²) in [5.74, 6) is 0.237. The van der Waals surface area contributed by atoms with E-state index < -0.39 is 0 Å². The maximum Gasteiger partial charge on any atom is 0.155 e. The summed E-state index contributed by atoms with van der Waals surface area (Å²) in [7, 11) is 0. The number of nitrogens with zero attached hydrogens (tertiary/aromatic N) is 2. The number of aldehydes is 1. The van der Waals surface area contributed by atoms with Gasteiger partial charge in [0, 0.05) is 11.5 Å². The Labute approximate surface area is 91.4 Å². The van der Waals surface area contributed by atoms with Gasteiger partial charge in [0.25, 0.3) is 0 Å². The summed E-state index contributed by atoms with van der Waals surface area (Å²) in [6, 6.07) is 1.62. The minimum atomic E-state index is -0.171. The Balaban J connectivity index is 2.36. The molecule has 0 N–H and O–H groups in total. The van der Waals surface area contributed by atoms with Crippen molar-refractivity contribution in [3.05, 3.63) is 21.9 Å². The summed E-state index contributed by atoms with van der Waals surface area (Å²) >= 11 is 11.5. The van der Waals surface area contributed by atoms with E-state index in [9.17, 15) is 4.79 Å². The van der Waals surface area contributed by atoms with Crippen molar-refractivity contribution in [1.29, 1.82) is 0 Å². The molecule has 0 aliphatic heterocycles. The van der Waals surface area contributed by atoms with Crippen LogP contribution in [0, 0.1) is 5.92 Å². The first-order chi connectivity index (χ1) is 6.72. The summed E-state index contributed by atoms with van der Waals surface area (Å²) in [4.78, 5) is 10.9. The highest BCUT2D eigenvalue weighted by Gasteiger charge is 2.33. The molecule has 0 aromatic carbocycles. The predicted octanol–water partition coefficient (Wildman–Crippen LogP) is 2.48. The van der Waals surface area contributed by atoms with Gasteiger partial charge in [0.05, 0.1) is 0 Å². The van der Waals surface area contributed by atoms with Crippen LogP contribution < -0.4 is 0 Å². The second-order valence-electron chi connectivity index (χ2n) is 3.41. The third-order valence-corrected chi connectivity index (χ3v) is 2.86. The molecular formula is C9H8Cl2N2O. The van der Waals surface area contributed by atoms with Crippen molar-refractivity contribution in [2.45, 2.75) is 18.8 Å². The molecule has 5 heteroatoms. The lowest BCUT2D eigenvalue weighted by molar-refractivity contribution is -0.109. The van der Waals surface area contributed by atoms with E-state index in [0.717, 1.165) is 19.1 Å². The quantitative estimate of drug-likeness (QED) is 0.750. The Bertz CT molecular complexity index is 366. The fourth-order valence-electron chi connectivity index (χ4n) is 1.49. The van der Waals surface area contributed by atoms with Gasteiger partial charge in [-0.2, -0.15) is 0 Å². The lowest BCUT2D eigenvalue weighted by Crippen LogP contribution is -2.05. The Morgan fingerprint density at radius 1 is 1.43 bits per heavy atom. The lowest BCUT2D eigenvalue weighted by atomic mass is 9.98. The lowest BCUT2D eigenvalue weighted by Gasteiger charge is -2.09. The number of aromatic nitrogens is 2. The van der Waals surface area contributed by atoms with Gasteiger partial charge in [-0.3, -0.25) is 0 Å². The van der Waals surface area contributed by atoms with E-state index in [-0.39, 0.29) is 16.2 Å². The van der Waals surface area contributed by atoms with Gasteiger partial charge in [0.1, 0.15) is 6.29 Å². The highest BCUT2D eigenvalue weighted by atomic mass is 35.5. The first kappa shape index (κ1) is 9.87. The fourth-order valence-corrected chi connectivity index (χ4v) is 1.87. The number of rotatable bonds is 3. The summed E-state index contributed by atoms with van der Waals surface area (Å²) < 4.78 is 0. The third-order valence-electron chi connectivity index (χ3n) is 2.38. The number of hydrogen-bond acceptors (Lipinski definition) is 3. The molecule has 0 radical (unpaired) electrons. The van der Waals surface area contributed by atoms with E-state index in [2.05, 4.69) is 10.2 Å². The Hall–Kier alpha value is -0.670. The topological polar surface area (TPSA) is 42.9 Å². The zero-order valence-corrected chi connectivity index (χ0v) is 8.79. The minimum absolute atomic E-state index is 0.171. The van der Waals surface area contributed by atoms with Crippen LogP contribution in [-0.2, 0) is 4.79 Å². The van der Waals surface area contributed by atoms with Crippen LogP contribution in [0.4, 0.5) is 0 Å². The smallest absolute Gasteiger partial charge is 0.155 e. The molecule has 0 amide bonds. The molecule has 0 spiro atoms. The molecule has 1 aromatic rings. The van der Waals surface area contributed by atoms with Crippen molar-refractivity contribution in [3.63, 3.8) is 0 Å². The number of carbonyl (C=O) groups excluding carboxylic acids is 1. The molecule has 1 atom stereocenters. The monoisotopic (exact) mass is 230 g/mol. The molecule has 1 aromatic heterocycles. The van der Waals surface area contributed by atoms with Gasteiger partial charge >= 0.3 is 0 Å². The highest BCUT2D eigenvalue weighted by molar-refractivity contribution is 6.31. The van der Waals surface area contributed by atoms with Crippen LogP contribution in [0.2, 0.25) is 10.3 Å². The van der Waals surface area contributed by atoms with Crippen LogP contribution in [0.1, 0.15) is 24.3 Å². The van der Waals surface area contributed by atoms with Gasteiger partial charge in [-0.1, -0.05) is 23.2 Å². The molecule has 0 saturated heterocycles. The second kappa shape index (κ2) is 3.83. The molecular weight excluding hydrogens is 223 g/mol. The van der Waals surface area contributed by atoms with Gasteiger partial charge < -0.3 is 4.79 Å². The van der Waals surface area contributed by atoms with Crippen LogP contribution in [0.15, 0.2) is 6.07 Å². The van der Waals surface area contributed by atoms with E-state index in [1.807, 2.05) is 0 Å². The Morgan fingerprint density at radius 2 is 2.14 bits per heavy atom. The SMILES string of the molecule is O=CC(c1cc(Cl)nnc1Cl)C1CC1. The molecule has 3 nitrogen and oxygen atoms in total. The second-order valence-corrected chi connectivity index (χ2v) is 4.16. The van der Waals surface area contributed by atoms with E-state index >= 15 is 0 Å². The summed E-state index contributed by atoms with van der Waals surface area (Å²) in [5, 5.41) is 7.84. The molecule has 1 heterocycles. The summed E-state index contributed by atoms with van der Waals surface area (Å²) in [6.45, 7) is 0. The maximum absolute atomic E-state index is 10.9. The molecule has 14 heavy (non-hydrogen) atoms. The zero-order chi connectivity index (χ0) is 10.1. The van der Waals surface area contributed by atoms with E-state index in [0.29, 0.717) is 11.5 Å². The van der Waals surface area contributed by atoms with Gasteiger partial charge in [-0.05, 0) is 24.8 Å². The first-order valence-corrected chi connectivity index (χ1v) is 5.12. The van der Waals surface area contributed by atoms with Crippen LogP contribution in [0.3, 0.4) is 0 Å². The summed E-state index contributed by atoms with van der Waals surface area (Å²) in [5.41, 5.74) is 0.698. The fraction of sp³-hybridized carbons (Fsp3) is 0.444. The number of carbonyl (C=O) groups is 1. The van der Waals surface area contributed by atoms with Crippen LogP contribution in [0.25, 0.3) is 0 Å². The molecule has 74 valence electrons. The van der Waals surface area contributed by atoms with Crippen molar-refractivity contribution in [3.8, 4) is 0 Å². The molecule has 1 unspecified atom stereocenters. The molecule has 1 aliphatic carbocycles. The Kier molecular flexibility index (Phi) is 2.70. The standard InChI is InChI=1S/C9H8Cl2N2O/c10-8-3-6(9(11)13-12-8)7(4-14)5-1-2-5/h3-5,7H,1-2H2. The van der Waals surface area contributed by atoms with E-state index in [1.165, 1.54) is 0 Å². The van der Waals surface area contributed by atoms with Crippen molar-refractivity contribution in [2.24, 2.45) is 5.92 Å². The van der Waals surface area contributed by atoms with Crippen molar-refractivity contribution < 1.29 is 4.79 Å². The van der Waals surface area contributed by atoms with Gasteiger partial charge in [-0.25, -0.2) is 0 Å². The van der Waals surface area contributed by atoms with Crippen molar-refractivity contribution in [1.82, 2.24) is 10.2 Å². The van der Waals surface area contributed by atoms with Gasteiger partial charge in [0.2, 0.25) is 0 Å². The van der Waals surface area contributed by atoms with Crippen LogP contribution in [-0.4, -0.2) is 16.5 Å². The third kappa shape index (κ3) is 1.88. The van der Waals surface area contributed by atoms with Gasteiger partial charge in [-0.15, -0.1) is 10.2 Å². The molecule has 1 fully saturated rings. The van der Waals surface area contributed by atoms with E-state index in [4.69, 9.17) is 23.2 Å². The highest BCUT2D eigenvalue weighted by Crippen LogP contribution is 2.43. The number of hydrogen-bond donors (Lipinski definition) is 0. The van der Waals surface area contributed by atoms with Crippen LogP contribution in [0.5, 0.6) is 0 Å². The average Bonchev–Trinajstić information content (AvgIpc) is 2.96. The van der Waals surface area contributed by atoms with Crippen LogP contribution >= 0.6 is 23.2 Å². The Morgan fingerprint density at radius 3 is 2.71 bits per heavy atom. The largest absolute Gasteiger partial charge is 0.303 e. The molecule has 0 bridgehead atoms. The van der Waals surface area contributed by atoms with Gasteiger partial charge in [0.15, 0.2) is 10.3 Å². The minimum Gasteiger partial charge on any atom is -0.303 e. The zero-order valence-electron chi connectivity index (χ0n) is 7.28. The summed E-state index contributed by atoms with van der Waals surface area (Å²) in [6.07, 6.45) is 3.05. The van der Waals surface area contributed by atoms with Crippen molar-refractivity contribution in [2.75, 3.05) is 0 Å². The van der Waals surface area contributed by atoms with E-state index in [1.54, 1.807) is 6.07 Å². The number of halogens is 2.